The van der Waals surface area contributed by atoms with Crippen molar-refractivity contribution in [3.05, 3.63) is 67.6 Å². The van der Waals surface area contributed by atoms with Gasteiger partial charge in [-0.1, -0.05) is 55.6 Å². The molecule has 4 heteroatoms. The third-order valence-corrected chi connectivity index (χ3v) is 3.80. The number of rotatable bonds is 3. The van der Waals surface area contributed by atoms with Gasteiger partial charge in [0.15, 0.2) is 5.78 Å². The van der Waals surface area contributed by atoms with Gasteiger partial charge in [-0.05, 0) is 35.9 Å². The number of hydrogen-bond donors (Lipinski definition) is 0. The number of hydrogen-bond acceptors (Lipinski definition) is 1. The van der Waals surface area contributed by atoms with Crippen molar-refractivity contribution in [3.63, 3.8) is 0 Å². The van der Waals surface area contributed by atoms with Crippen molar-refractivity contribution in [1.82, 2.24) is 0 Å². The molecule has 0 atom stereocenters. The Morgan fingerprint density at radius 2 is 1.78 bits per heavy atom. The second-order valence-electron chi connectivity index (χ2n) is 3.85. The molecular weight excluding hydrogens is 379 g/mol. The molecule has 0 heterocycles. The first-order valence-electron chi connectivity index (χ1n) is 5.29. The van der Waals surface area contributed by atoms with E-state index in [4.69, 9.17) is 11.6 Å². The summed E-state index contributed by atoms with van der Waals surface area (Å²) >= 11 is 12.8. The zero-order chi connectivity index (χ0) is 13.1. The fourth-order valence-electron chi connectivity index (χ4n) is 1.64. The molecule has 0 aromatic heterocycles. The van der Waals surface area contributed by atoms with Gasteiger partial charge in [0.2, 0.25) is 0 Å². The third kappa shape index (κ3) is 3.44. The van der Waals surface area contributed by atoms with Crippen LogP contribution in [-0.4, -0.2) is 5.78 Å². The lowest BCUT2D eigenvalue weighted by Crippen LogP contribution is -2.04. The Morgan fingerprint density at radius 3 is 2.50 bits per heavy atom. The molecule has 0 spiro atoms. The molecule has 0 unspecified atom stereocenters. The lowest BCUT2D eigenvalue weighted by atomic mass is 10.0. The number of carbonyl (C=O) groups is 1. The molecule has 18 heavy (non-hydrogen) atoms. The first-order chi connectivity index (χ1) is 8.56. The van der Waals surface area contributed by atoms with E-state index in [1.54, 1.807) is 12.1 Å². The van der Waals surface area contributed by atoms with Crippen LogP contribution in [0.15, 0.2) is 51.4 Å². The van der Waals surface area contributed by atoms with Crippen molar-refractivity contribution in [1.29, 1.82) is 0 Å². The molecule has 0 N–H and O–H groups in total. The van der Waals surface area contributed by atoms with E-state index in [1.807, 2.05) is 30.3 Å². The zero-order valence-corrected chi connectivity index (χ0v) is 13.2. The molecule has 0 fully saturated rings. The normalized spacial score (nSPS) is 10.4. The first-order valence-corrected chi connectivity index (χ1v) is 7.25. The minimum Gasteiger partial charge on any atom is -0.294 e. The maximum atomic E-state index is 12.2. The maximum Gasteiger partial charge on any atom is 0.168 e. The van der Waals surface area contributed by atoms with Crippen LogP contribution in [0.25, 0.3) is 0 Å². The highest BCUT2D eigenvalue weighted by Gasteiger charge is 2.11. The van der Waals surface area contributed by atoms with Crippen molar-refractivity contribution >= 4 is 49.2 Å². The van der Waals surface area contributed by atoms with E-state index in [9.17, 15) is 4.79 Å². The van der Waals surface area contributed by atoms with E-state index in [0.29, 0.717) is 17.0 Å². The van der Waals surface area contributed by atoms with Gasteiger partial charge in [-0.25, -0.2) is 0 Å². The van der Waals surface area contributed by atoms with Gasteiger partial charge in [0.1, 0.15) is 0 Å². The molecule has 0 aliphatic carbocycles. The van der Waals surface area contributed by atoms with Gasteiger partial charge in [-0.15, -0.1) is 0 Å². The van der Waals surface area contributed by atoms with Crippen LogP contribution in [0.1, 0.15) is 15.9 Å². The number of carbonyl (C=O) groups excluding carboxylic acids is 1. The van der Waals surface area contributed by atoms with Gasteiger partial charge in [-0.2, -0.15) is 0 Å². The first kappa shape index (κ1) is 13.8. The predicted octanol–water partition coefficient (Wildman–Crippen LogP) is 5.29. The highest BCUT2D eigenvalue weighted by atomic mass is 79.9. The standard InChI is InChI=1S/C14H9Br2ClO/c15-10-3-1-2-9(6-10)7-14(18)12-8-11(16)4-5-13(12)17/h1-6,8H,7H2. The summed E-state index contributed by atoms with van der Waals surface area (Å²) < 4.78 is 1.82. The number of Topliss-reactive ketones (excluding diaryl/α,β-unsaturated/α-hetero) is 1. The summed E-state index contributed by atoms with van der Waals surface area (Å²) in [5, 5.41) is 0.484. The van der Waals surface area contributed by atoms with E-state index >= 15 is 0 Å². The highest BCUT2D eigenvalue weighted by Crippen LogP contribution is 2.23. The fourth-order valence-corrected chi connectivity index (χ4v) is 2.67. The van der Waals surface area contributed by atoms with Crippen molar-refractivity contribution < 1.29 is 4.79 Å². The maximum absolute atomic E-state index is 12.2. The Labute approximate surface area is 127 Å². The molecule has 0 aliphatic heterocycles. The quantitative estimate of drug-likeness (QED) is 0.653. The Bertz CT molecular complexity index is 596. The van der Waals surface area contributed by atoms with Crippen molar-refractivity contribution in [2.45, 2.75) is 6.42 Å². The van der Waals surface area contributed by atoms with Gasteiger partial charge in [0.05, 0.1) is 5.02 Å². The molecule has 1 nitrogen and oxygen atoms in total. The van der Waals surface area contributed by atoms with Gasteiger partial charge < -0.3 is 0 Å². The van der Waals surface area contributed by atoms with Gasteiger partial charge in [0, 0.05) is 20.9 Å². The molecule has 0 aliphatic rings. The molecule has 2 aromatic rings. The van der Waals surface area contributed by atoms with Crippen LogP contribution in [0.4, 0.5) is 0 Å². The number of benzene rings is 2. The van der Waals surface area contributed by atoms with Crippen LogP contribution in [0.2, 0.25) is 5.02 Å². The molecule has 0 bridgehead atoms. The second kappa shape index (κ2) is 6.00. The smallest absolute Gasteiger partial charge is 0.168 e. The average molecular weight is 388 g/mol. The largest absolute Gasteiger partial charge is 0.294 e. The van der Waals surface area contributed by atoms with Crippen LogP contribution >= 0.6 is 43.5 Å². The van der Waals surface area contributed by atoms with Crippen molar-refractivity contribution in [3.8, 4) is 0 Å². The van der Waals surface area contributed by atoms with Crippen LogP contribution in [0.3, 0.4) is 0 Å². The molecule has 2 rings (SSSR count). The lowest BCUT2D eigenvalue weighted by molar-refractivity contribution is 0.0993. The Hall–Kier alpha value is -0.640. The minimum atomic E-state index is 0.0133. The van der Waals surface area contributed by atoms with E-state index < -0.39 is 0 Å². The lowest BCUT2D eigenvalue weighted by Gasteiger charge is -2.05. The van der Waals surface area contributed by atoms with E-state index in [2.05, 4.69) is 31.9 Å². The summed E-state index contributed by atoms with van der Waals surface area (Å²) in [6, 6.07) is 13.0. The summed E-state index contributed by atoms with van der Waals surface area (Å²) in [5.74, 6) is 0.0133. The van der Waals surface area contributed by atoms with Crippen molar-refractivity contribution in [2.75, 3.05) is 0 Å². The van der Waals surface area contributed by atoms with Crippen LogP contribution in [0, 0.1) is 0 Å². The highest BCUT2D eigenvalue weighted by molar-refractivity contribution is 9.10. The van der Waals surface area contributed by atoms with Crippen LogP contribution < -0.4 is 0 Å². The zero-order valence-electron chi connectivity index (χ0n) is 9.29. The summed E-state index contributed by atoms with van der Waals surface area (Å²) in [4.78, 5) is 12.2. The van der Waals surface area contributed by atoms with E-state index in [1.165, 1.54) is 0 Å². The topological polar surface area (TPSA) is 17.1 Å². The predicted molar refractivity (Wildman–Crippen MR) is 81.3 cm³/mol. The molecule has 0 saturated carbocycles. The molecule has 92 valence electrons. The molecular formula is C14H9Br2ClO. The Balaban J connectivity index is 2.24. The fraction of sp³-hybridized carbons (Fsp3) is 0.0714. The number of halogens is 3. The van der Waals surface area contributed by atoms with Crippen LogP contribution in [0.5, 0.6) is 0 Å². The number of ketones is 1. The second-order valence-corrected chi connectivity index (χ2v) is 6.09. The summed E-state index contributed by atoms with van der Waals surface area (Å²) in [5.41, 5.74) is 1.51. The summed E-state index contributed by atoms with van der Waals surface area (Å²) in [6.45, 7) is 0. The summed E-state index contributed by atoms with van der Waals surface area (Å²) in [7, 11) is 0. The SMILES string of the molecule is O=C(Cc1cccc(Br)c1)c1cc(Br)ccc1Cl. The van der Waals surface area contributed by atoms with E-state index in [0.717, 1.165) is 14.5 Å². The van der Waals surface area contributed by atoms with Crippen molar-refractivity contribution in [2.24, 2.45) is 0 Å². The van der Waals surface area contributed by atoms with Gasteiger partial charge >= 0.3 is 0 Å². The van der Waals surface area contributed by atoms with Gasteiger partial charge in [-0.3, -0.25) is 4.79 Å². The monoisotopic (exact) mass is 386 g/mol. The van der Waals surface area contributed by atoms with E-state index in [-0.39, 0.29) is 5.78 Å². The Kier molecular flexibility index (Phi) is 4.60. The summed E-state index contributed by atoms with van der Waals surface area (Å²) in [6.07, 6.45) is 0.343. The van der Waals surface area contributed by atoms with Crippen LogP contribution in [-0.2, 0) is 6.42 Å². The molecule has 2 aromatic carbocycles. The van der Waals surface area contributed by atoms with Gasteiger partial charge in [0.25, 0.3) is 0 Å². The molecule has 0 amide bonds. The third-order valence-electron chi connectivity index (χ3n) is 2.48. The molecule has 0 saturated heterocycles. The molecule has 0 radical (unpaired) electrons. The minimum absolute atomic E-state index is 0.0133. The Morgan fingerprint density at radius 1 is 1.06 bits per heavy atom. The average Bonchev–Trinajstić information content (AvgIpc) is 2.32.